The molecular weight excluding hydrogens is 258 g/mol. The van der Waals surface area contributed by atoms with Gasteiger partial charge in [0.15, 0.2) is 0 Å². The Morgan fingerprint density at radius 2 is 2.10 bits per heavy atom. The van der Waals surface area contributed by atoms with Gasteiger partial charge in [-0.1, -0.05) is 26.3 Å². The van der Waals surface area contributed by atoms with Gasteiger partial charge in [-0.05, 0) is 68.5 Å². The van der Waals surface area contributed by atoms with Gasteiger partial charge in [0.05, 0.1) is 7.11 Å². The van der Waals surface area contributed by atoms with Gasteiger partial charge in [-0.2, -0.15) is 0 Å². The van der Waals surface area contributed by atoms with E-state index >= 15 is 0 Å². The van der Waals surface area contributed by atoms with E-state index in [1.54, 1.807) is 18.2 Å². The Morgan fingerprint density at radius 3 is 2.90 bits per heavy atom. The van der Waals surface area contributed by atoms with Crippen molar-refractivity contribution in [1.82, 2.24) is 4.90 Å². The number of piperidine rings is 1. The van der Waals surface area contributed by atoms with Crippen molar-refractivity contribution in [2.24, 2.45) is 5.92 Å². The Kier molecular flexibility index (Phi) is 3.77. The molecule has 1 saturated carbocycles. The summed E-state index contributed by atoms with van der Waals surface area (Å²) in [5.74, 6) is 1.91. The molecule has 1 aromatic carbocycles. The second kappa shape index (κ2) is 5.31. The maximum absolute atomic E-state index is 5.51. The van der Waals surface area contributed by atoms with Crippen molar-refractivity contribution in [1.29, 1.82) is 0 Å². The summed E-state index contributed by atoms with van der Waals surface area (Å²) < 4.78 is 5.51. The lowest BCUT2D eigenvalue weighted by Crippen LogP contribution is -2.59. The molecule has 2 bridgehead atoms. The van der Waals surface area contributed by atoms with Gasteiger partial charge in [0, 0.05) is 11.5 Å². The highest BCUT2D eigenvalue weighted by Gasteiger charge is 2.53. The van der Waals surface area contributed by atoms with Gasteiger partial charge in [-0.25, -0.2) is 0 Å². The molecule has 4 rings (SSSR count). The molecular formula is C19H29NO. The second-order valence-corrected chi connectivity index (χ2v) is 7.03. The molecule has 0 unspecified atom stereocenters. The first-order valence-electron chi connectivity index (χ1n) is 8.12. The summed E-state index contributed by atoms with van der Waals surface area (Å²) in [4.78, 5) is 2.63. The molecule has 21 heavy (non-hydrogen) atoms. The third kappa shape index (κ3) is 2.03. The van der Waals surface area contributed by atoms with Crippen LogP contribution >= 0.6 is 0 Å². The van der Waals surface area contributed by atoms with Crippen molar-refractivity contribution in [2.45, 2.75) is 57.4 Å². The van der Waals surface area contributed by atoms with Crippen LogP contribution < -0.4 is 4.74 Å². The van der Waals surface area contributed by atoms with Crippen molar-refractivity contribution in [3.8, 4) is 5.75 Å². The number of methoxy groups -OCH3 is 1. The quantitative estimate of drug-likeness (QED) is 0.773. The van der Waals surface area contributed by atoms with E-state index in [1.807, 2.05) is 0 Å². The number of benzene rings is 1. The van der Waals surface area contributed by atoms with Gasteiger partial charge in [0.25, 0.3) is 0 Å². The molecule has 2 nitrogen and oxygen atoms in total. The van der Waals surface area contributed by atoms with Gasteiger partial charge < -0.3 is 9.64 Å². The Hall–Kier alpha value is -1.02. The van der Waals surface area contributed by atoms with E-state index in [-0.39, 0.29) is 7.43 Å². The second-order valence-electron chi connectivity index (χ2n) is 7.03. The van der Waals surface area contributed by atoms with Crippen LogP contribution in [0.15, 0.2) is 18.2 Å². The summed E-state index contributed by atoms with van der Waals surface area (Å²) in [5, 5.41) is 0. The highest BCUT2D eigenvalue weighted by molar-refractivity contribution is 5.45. The van der Waals surface area contributed by atoms with Gasteiger partial charge in [0.2, 0.25) is 0 Å². The summed E-state index contributed by atoms with van der Waals surface area (Å²) in [7, 11) is 4.12. The van der Waals surface area contributed by atoms with E-state index in [2.05, 4.69) is 30.1 Å². The fourth-order valence-electron chi connectivity index (χ4n) is 5.30. The minimum absolute atomic E-state index is 0. The molecule has 1 heterocycles. The Morgan fingerprint density at radius 1 is 1.24 bits per heavy atom. The Bertz CT molecular complexity index is 526. The minimum Gasteiger partial charge on any atom is -0.497 e. The molecule has 1 saturated heterocycles. The SMILES string of the molecule is C.COc1ccc2c(c1)[C@]13CCCC[C@@H]1[C@H](C2)N(C)CC3. The summed E-state index contributed by atoms with van der Waals surface area (Å²) in [6.07, 6.45) is 8.22. The topological polar surface area (TPSA) is 12.5 Å². The maximum Gasteiger partial charge on any atom is 0.119 e. The van der Waals surface area contributed by atoms with E-state index in [0.29, 0.717) is 5.41 Å². The van der Waals surface area contributed by atoms with E-state index in [0.717, 1.165) is 17.7 Å². The van der Waals surface area contributed by atoms with Crippen LogP contribution in [0.2, 0.25) is 0 Å². The number of likely N-dealkylation sites (N-methyl/N-ethyl adjacent to an activating group) is 1. The largest absolute Gasteiger partial charge is 0.497 e. The van der Waals surface area contributed by atoms with Crippen LogP contribution in [0, 0.1) is 5.92 Å². The molecule has 0 aromatic heterocycles. The molecule has 2 aliphatic carbocycles. The van der Waals surface area contributed by atoms with Crippen LogP contribution in [0.5, 0.6) is 5.75 Å². The first kappa shape index (κ1) is 14.9. The van der Waals surface area contributed by atoms with Crippen LogP contribution in [0.4, 0.5) is 0 Å². The predicted octanol–water partition coefficient (Wildman–Crippen LogP) is 4.02. The van der Waals surface area contributed by atoms with E-state index in [9.17, 15) is 0 Å². The van der Waals surface area contributed by atoms with Gasteiger partial charge in [-0.3, -0.25) is 0 Å². The summed E-state index contributed by atoms with van der Waals surface area (Å²) in [6, 6.07) is 7.60. The van der Waals surface area contributed by atoms with Gasteiger partial charge >= 0.3 is 0 Å². The number of likely N-dealkylation sites (tertiary alicyclic amines) is 1. The number of rotatable bonds is 1. The molecule has 3 aliphatic rings. The molecule has 0 N–H and O–H groups in total. The van der Waals surface area contributed by atoms with Crippen LogP contribution in [0.3, 0.4) is 0 Å². The lowest BCUT2D eigenvalue weighted by atomic mass is 9.52. The van der Waals surface area contributed by atoms with Gasteiger partial charge in [0.1, 0.15) is 5.75 Å². The Labute approximate surface area is 129 Å². The molecule has 2 fully saturated rings. The summed E-state index contributed by atoms with van der Waals surface area (Å²) in [6.45, 7) is 1.26. The standard InChI is InChI=1S/C18H25NO.CH4/c1-19-10-9-18-8-4-3-5-15(18)17(19)11-13-6-7-14(20-2)12-16(13)18;/h6-7,12,15,17H,3-5,8-11H2,1-2H3;1H4/t15-,17+,18+;/m1./s1. The lowest BCUT2D eigenvalue weighted by molar-refractivity contribution is 0.00274. The van der Waals surface area contributed by atoms with Gasteiger partial charge in [-0.15, -0.1) is 0 Å². The third-order valence-electron chi connectivity index (χ3n) is 6.32. The molecule has 116 valence electrons. The van der Waals surface area contributed by atoms with Crippen LogP contribution in [-0.2, 0) is 11.8 Å². The molecule has 0 spiro atoms. The van der Waals surface area contributed by atoms with E-state index < -0.39 is 0 Å². The Balaban J connectivity index is 0.00000132. The van der Waals surface area contributed by atoms with Crippen molar-refractivity contribution < 1.29 is 4.74 Å². The molecule has 0 radical (unpaired) electrons. The monoisotopic (exact) mass is 287 g/mol. The number of hydrogen-bond donors (Lipinski definition) is 0. The van der Waals surface area contributed by atoms with Crippen molar-refractivity contribution >= 4 is 0 Å². The lowest BCUT2D eigenvalue weighted by Gasteiger charge is -2.58. The van der Waals surface area contributed by atoms with E-state index in [1.165, 1.54) is 45.1 Å². The first-order chi connectivity index (χ1) is 9.74. The molecule has 2 heteroatoms. The smallest absolute Gasteiger partial charge is 0.119 e. The maximum atomic E-state index is 5.51. The van der Waals surface area contributed by atoms with E-state index in [4.69, 9.17) is 4.74 Å². The number of ether oxygens (including phenoxy) is 1. The molecule has 1 aliphatic heterocycles. The fraction of sp³-hybridized carbons (Fsp3) is 0.684. The highest BCUT2D eigenvalue weighted by atomic mass is 16.5. The predicted molar refractivity (Wildman–Crippen MR) is 88.1 cm³/mol. The first-order valence-corrected chi connectivity index (χ1v) is 8.12. The molecule has 1 aromatic rings. The van der Waals surface area contributed by atoms with Crippen molar-refractivity contribution in [2.75, 3.05) is 20.7 Å². The minimum atomic E-state index is 0. The average molecular weight is 287 g/mol. The van der Waals surface area contributed by atoms with Crippen LogP contribution in [0.1, 0.15) is 50.7 Å². The van der Waals surface area contributed by atoms with Crippen molar-refractivity contribution in [3.05, 3.63) is 29.3 Å². The molecule has 3 atom stereocenters. The van der Waals surface area contributed by atoms with Crippen molar-refractivity contribution in [3.63, 3.8) is 0 Å². The zero-order valence-corrected chi connectivity index (χ0v) is 12.7. The van der Waals surface area contributed by atoms with Crippen LogP contribution in [0.25, 0.3) is 0 Å². The summed E-state index contributed by atoms with van der Waals surface area (Å²) >= 11 is 0. The summed E-state index contributed by atoms with van der Waals surface area (Å²) in [5.41, 5.74) is 3.67. The number of hydrogen-bond acceptors (Lipinski definition) is 2. The number of nitrogens with zero attached hydrogens (tertiary/aromatic N) is 1. The zero-order valence-electron chi connectivity index (χ0n) is 12.7. The zero-order chi connectivity index (χ0) is 13.7. The van der Waals surface area contributed by atoms with Crippen LogP contribution in [-0.4, -0.2) is 31.6 Å². The number of fused-ring (bicyclic) bond motifs is 1. The molecule has 0 amide bonds. The highest BCUT2D eigenvalue weighted by Crippen LogP contribution is 2.55. The third-order valence-corrected chi connectivity index (χ3v) is 6.32. The normalized spacial score (nSPS) is 34.4. The fourth-order valence-corrected chi connectivity index (χ4v) is 5.30. The average Bonchev–Trinajstić information content (AvgIpc) is 2.50.